The molecule has 0 aliphatic carbocycles. The first-order valence-electron chi connectivity index (χ1n) is 7.57. The third-order valence-corrected chi connectivity index (χ3v) is 5.75. The minimum absolute atomic E-state index is 0.0123. The minimum Gasteiger partial charge on any atom is -0.390 e. The van der Waals surface area contributed by atoms with Gasteiger partial charge in [-0.1, -0.05) is 43.6 Å². The molecule has 20 heavy (non-hydrogen) atoms. The van der Waals surface area contributed by atoms with Crippen LogP contribution >= 0.6 is 28.6 Å². The summed E-state index contributed by atoms with van der Waals surface area (Å²) in [6, 6.07) is 6.23. The fourth-order valence-corrected chi connectivity index (χ4v) is 3.78. The summed E-state index contributed by atoms with van der Waals surface area (Å²) in [7, 11) is 0. The van der Waals surface area contributed by atoms with Crippen molar-refractivity contribution in [3.8, 4) is 0 Å². The molecule has 1 aromatic carbocycles. The lowest BCUT2D eigenvalue weighted by molar-refractivity contribution is -0.00194. The van der Waals surface area contributed by atoms with Crippen LogP contribution in [0.15, 0.2) is 27.6 Å². The van der Waals surface area contributed by atoms with Gasteiger partial charge in [0.2, 0.25) is 0 Å². The van der Waals surface area contributed by atoms with E-state index in [1.807, 2.05) is 12.1 Å². The summed E-state index contributed by atoms with van der Waals surface area (Å²) in [6.07, 6.45) is 4.40. The summed E-state index contributed by atoms with van der Waals surface area (Å²) >= 11 is 8.22. The van der Waals surface area contributed by atoms with E-state index in [9.17, 15) is 5.11 Å². The first kappa shape index (κ1) is 18.1. The SMILES string of the molecule is CCC(O)(CC)CC(CC)(CC)c1cc(Br)ccc1S. The molecule has 0 fully saturated rings. The number of thiol groups is 1. The Balaban J connectivity index is 3.30. The van der Waals surface area contributed by atoms with Crippen molar-refractivity contribution in [2.24, 2.45) is 0 Å². The third kappa shape index (κ3) is 3.80. The van der Waals surface area contributed by atoms with Crippen LogP contribution in [0.5, 0.6) is 0 Å². The third-order valence-electron chi connectivity index (χ3n) is 4.87. The molecule has 1 N–H and O–H groups in total. The van der Waals surface area contributed by atoms with Crippen molar-refractivity contribution in [2.75, 3.05) is 0 Å². The number of aliphatic hydroxyl groups is 1. The molecule has 0 aliphatic rings. The molecule has 0 amide bonds. The molecule has 0 heterocycles. The molecule has 0 bridgehead atoms. The number of rotatable bonds is 7. The number of hydrogen-bond acceptors (Lipinski definition) is 2. The van der Waals surface area contributed by atoms with Gasteiger partial charge in [0.1, 0.15) is 0 Å². The van der Waals surface area contributed by atoms with Crippen molar-refractivity contribution in [1.29, 1.82) is 0 Å². The van der Waals surface area contributed by atoms with Gasteiger partial charge in [0.15, 0.2) is 0 Å². The van der Waals surface area contributed by atoms with Crippen LogP contribution in [0.2, 0.25) is 0 Å². The van der Waals surface area contributed by atoms with Gasteiger partial charge in [0.05, 0.1) is 5.60 Å². The van der Waals surface area contributed by atoms with Gasteiger partial charge in [-0.05, 0) is 61.3 Å². The lowest BCUT2D eigenvalue weighted by Crippen LogP contribution is -2.38. The van der Waals surface area contributed by atoms with E-state index >= 15 is 0 Å². The fraction of sp³-hybridized carbons (Fsp3) is 0.647. The second-order valence-electron chi connectivity index (χ2n) is 5.76. The summed E-state index contributed by atoms with van der Waals surface area (Å²) in [5, 5.41) is 10.8. The fourth-order valence-electron chi connectivity index (χ4n) is 3.04. The average Bonchev–Trinajstić information content (AvgIpc) is 2.47. The van der Waals surface area contributed by atoms with Crippen molar-refractivity contribution in [2.45, 2.75) is 75.7 Å². The monoisotopic (exact) mass is 358 g/mol. The Kier molecular flexibility index (Phi) is 6.62. The van der Waals surface area contributed by atoms with E-state index < -0.39 is 5.60 Å². The molecule has 0 saturated heterocycles. The smallest absolute Gasteiger partial charge is 0.0651 e. The van der Waals surface area contributed by atoms with E-state index in [0.29, 0.717) is 0 Å². The highest BCUT2D eigenvalue weighted by molar-refractivity contribution is 9.10. The lowest BCUT2D eigenvalue weighted by atomic mass is 9.67. The van der Waals surface area contributed by atoms with Gasteiger partial charge in [-0.3, -0.25) is 0 Å². The molecule has 0 atom stereocenters. The van der Waals surface area contributed by atoms with Gasteiger partial charge < -0.3 is 5.11 Å². The maximum absolute atomic E-state index is 10.8. The second-order valence-corrected chi connectivity index (χ2v) is 7.15. The summed E-state index contributed by atoms with van der Waals surface area (Å²) in [6.45, 7) is 8.57. The van der Waals surface area contributed by atoms with E-state index in [4.69, 9.17) is 0 Å². The van der Waals surface area contributed by atoms with Crippen molar-refractivity contribution in [3.63, 3.8) is 0 Å². The van der Waals surface area contributed by atoms with Crippen LogP contribution in [0.1, 0.15) is 65.4 Å². The van der Waals surface area contributed by atoms with Crippen molar-refractivity contribution >= 4 is 28.6 Å². The standard InChI is InChI=1S/C17H27BrOS/c1-5-16(6-2,12-17(19,7-3)8-4)14-11-13(18)9-10-15(14)20/h9-11,19-20H,5-8,12H2,1-4H3. The highest BCUT2D eigenvalue weighted by Crippen LogP contribution is 2.44. The van der Waals surface area contributed by atoms with Crippen LogP contribution < -0.4 is 0 Å². The molecule has 0 aliphatic heterocycles. The molecule has 0 aromatic heterocycles. The van der Waals surface area contributed by atoms with Crippen LogP contribution in [0, 0.1) is 0 Å². The van der Waals surface area contributed by atoms with E-state index in [1.54, 1.807) is 0 Å². The molecule has 0 spiro atoms. The first-order valence-corrected chi connectivity index (χ1v) is 8.81. The summed E-state index contributed by atoms with van der Waals surface area (Å²) < 4.78 is 1.08. The predicted molar refractivity (Wildman–Crippen MR) is 93.8 cm³/mol. The maximum atomic E-state index is 10.8. The lowest BCUT2D eigenvalue weighted by Gasteiger charge is -2.40. The van der Waals surface area contributed by atoms with Crippen molar-refractivity contribution in [1.82, 2.24) is 0 Å². The zero-order valence-electron chi connectivity index (χ0n) is 13.0. The van der Waals surface area contributed by atoms with E-state index in [1.165, 1.54) is 5.56 Å². The summed E-state index contributed by atoms with van der Waals surface area (Å²) in [4.78, 5) is 1.02. The molecule has 3 heteroatoms. The first-order chi connectivity index (χ1) is 9.36. The number of hydrogen-bond donors (Lipinski definition) is 2. The Bertz CT molecular complexity index is 437. The normalized spacial score (nSPS) is 12.8. The van der Waals surface area contributed by atoms with Crippen molar-refractivity contribution in [3.05, 3.63) is 28.2 Å². The Morgan fingerprint density at radius 2 is 1.60 bits per heavy atom. The maximum Gasteiger partial charge on any atom is 0.0651 e. The van der Waals surface area contributed by atoms with Crippen LogP contribution in [-0.4, -0.2) is 10.7 Å². The van der Waals surface area contributed by atoms with Gasteiger partial charge in [-0.25, -0.2) is 0 Å². The molecular weight excluding hydrogens is 332 g/mol. The quantitative estimate of drug-likeness (QED) is 0.595. The number of halogens is 1. The highest BCUT2D eigenvalue weighted by atomic mass is 79.9. The van der Waals surface area contributed by atoms with Gasteiger partial charge in [0, 0.05) is 9.37 Å². The summed E-state index contributed by atoms with van der Waals surface area (Å²) in [5.41, 5.74) is 0.649. The average molecular weight is 359 g/mol. The largest absolute Gasteiger partial charge is 0.390 e. The van der Waals surface area contributed by atoms with Gasteiger partial charge >= 0.3 is 0 Å². The molecule has 0 radical (unpaired) electrons. The zero-order chi connectivity index (χ0) is 15.4. The highest BCUT2D eigenvalue weighted by Gasteiger charge is 2.38. The van der Waals surface area contributed by atoms with E-state index in [2.05, 4.69) is 62.3 Å². The predicted octanol–water partition coefficient (Wildman–Crippen LogP) is 5.74. The molecular formula is C17H27BrOS. The Morgan fingerprint density at radius 1 is 1.05 bits per heavy atom. The van der Waals surface area contributed by atoms with Crippen molar-refractivity contribution < 1.29 is 5.11 Å². The second kappa shape index (κ2) is 7.33. The van der Waals surface area contributed by atoms with E-state index in [0.717, 1.165) is 41.5 Å². The minimum atomic E-state index is -0.589. The van der Waals surface area contributed by atoms with Gasteiger partial charge in [-0.15, -0.1) is 12.6 Å². The Morgan fingerprint density at radius 3 is 2.05 bits per heavy atom. The Labute approximate surface area is 137 Å². The molecule has 0 saturated carbocycles. The van der Waals surface area contributed by atoms with Crippen LogP contribution in [0.25, 0.3) is 0 Å². The molecule has 1 nitrogen and oxygen atoms in total. The molecule has 1 rings (SSSR count). The zero-order valence-corrected chi connectivity index (χ0v) is 15.5. The van der Waals surface area contributed by atoms with Crippen LogP contribution in [-0.2, 0) is 5.41 Å². The van der Waals surface area contributed by atoms with Crippen LogP contribution in [0.3, 0.4) is 0 Å². The van der Waals surface area contributed by atoms with Crippen LogP contribution in [0.4, 0.5) is 0 Å². The molecule has 114 valence electrons. The van der Waals surface area contributed by atoms with Gasteiger partial charge in [0.25, 0.3) is 0 Å². The topological polar surface area (TPSA) is 20.2 Å². The Hall–Kier alpha value is 0.01000. The summed E-state index contributed by atoms with van der Waals surface area (Å²) in [5.74, 6) is 0. The molecule has 0 unspecified atom stereocenters. The number of benzene rings is 1. The van der Waals surface area contributed by atoms with E-state index in [-0.39, 0.29) is 5.41 Å². The van der Waals surface area contributed by atoms with Gasteiger partial charge in [-0.2, -0.15) is 0 Å². The molecule has 1 aromatic rings.